The summed E-state index contributed by atoms with van der Waals surface area (Å²) in [7, 11) is 0. The molecule has 20 heavy (non-hydrogen) atoms. The van der Waals surface area contributed by atoms with Gasteiger partial charge in [0.15, 0.2) is 11.0 Å². The van der Waals surface area contributed by atoms with E-state index in [2.05, 4.69) is 44.7 Å². The van der Waals surface area contributed by atoms with E-state index in [-0.39, 0.29) is 0 Å². The molecule has 1 aliphatic rings. The van der Waals surface area contributed by atoms with Gasteiger partial charge in [0.1, 0.15) is 6.54 Å². The first kappa shape index (κ1) is 13.2. The van der Waals surface area contributed by atoms with Crippen molar-refractivity contribution in [1.29, 1.82) is 0 Å². The highest BCUT2D eigenvalue weighted by atomic mass is 32.2. The number of amidine groups is 1. The molecular formula is C14H16N4OS. The summed E-state index contributed by atoms with van der Waals surface area (Å²) in [5.41, 5.74) is 1.35. The second-order valence-electron chi connectivity index (χ2n) is 4.69. The molecule has 2 heterocycles. The van der Waals surface area contributed by atoms with Gasteiger partial charge in [-0.05, 0) is 12.0 Å². The lowest BCUT2D eigenvalue weighted by Crippen LogP contribution is -2.29. The highest BCUT2D eigenvalue weighted by molar-refractivity contribution is 8.14. The van der Waals surface area contributed by atoms with Crippen molar-refractivity contribution in [2.45, 2.75) is 25.9 Å². The standard InChI is InChI=1S/C14H16N4OS/c1-10-16-13(18-19-10)8-15-14-17-12(9-20-14)7-11-5-3-2-4-6-11/h2-6,12H,7-9H2,1H3,(H,15,17). The number of aryl methyl sites for hydroxylation is 1. The van der Waals surface area contributed by atoms with Crippen LogP contribution in [0.3, 0.4) is 0 Å². The van der Waals surface area contributed by atoms with Crippen LogP contribution in [0.2, 0.25) is 0 Å². The number of hydrogen-bond donors (Lipinski definition) is 1. The normalized spacial score (nSPS) is 20.2. The van der Waals surface area contributed by atoms with Gasteiger partial charge >= 0.3 is 0 Å². The summed E-state index contributed by atoms with van der Waals surface area (Å²) in [5.74, 6) is 2.25. The van der Waals surface area contributed by atoms with Crippen LogP contribution in [0.25, 0.3) is 0 Å². The van der Waals surface area contributed by atoms with E-state index in [9.17, 15) is 0 Å². The molecule has 0 radical (unpaired) electrons. The Labute approximate surface area is 121 Å². The topological polar surface area (TPSA) is 63.3 Å². The fourth-order valence-corrected chi connectivity index (χ4v) is 3.05. The fourth-order valence-electron chi connectivity index (χ4n) is 2.09. The molecule has 3 rings (SSSR count). The van der Waals surface area contributed by atoms with Crippen molar-refractivity contribution in [3.8, 4) is 0 Å². The van der Waals surface area contributed by atoms with Gasteiger partial charge in [0.05, 0.1) is 0 Å². The average Bonchev–Trinajstić information content (AvgIpc) is 3.07. The molecule has 5 nitrogen and oxygen atoms in total. The first-order valence-electron chi connectivity index (χ1n) is 6.56. The number of rotatable bonds is 4. The van der Waals surface area contributed by atoms with Crippen LogP contribution in [0.1, 0.15) is 17.3 Å². The molecule has 0 saturated carbocycles. The minimum atomic E-state index is 0.438. The van der Waals surface area contributed by atoms with Crippen LogP contribution in [0.4, 0.5) is 0 Å². The maximum absolute atomic E-state index is 4.92. The molecule has 6 heteroatoms. The minimum Gasteiger partial charge on any atom is -0.361 e. The lowest BCUT2D eigenvalue weighted by Gasteiger charge is -2.09. The van der Waals surface area contributed by atoms with Crippen molar-refractivity contribution in [3.63, 3.8) is 0 Å². The largest absolute Gasteiger partial charge is 0.361 e. The Hall–Kier alpha value is -1.82. The Morgan fingerprint density at radius 2 is 2.25 bits per heavy atom. The highest BCUT2D eigenvalue weighted by Gasteiger charge is 2.20. The third-order valence-corrected chi connectivity index (χ3v) is 4.10. The van der Waals surface area contributed by atoms with E-state index < -0.39 is 0 Å². The number of aromatic nitrogens is 2. The van der Waals surface area contributed by atoms with Crippen LogP contribution < -0.4 is 5.32 Å². The molecule has 1 N–H and O–H groups in total. The molecule has 104 valence electrons. The Kier molecular flexibility index (Phi) is 4.01. The van der Waals surface area contributed by atoms with Crippen LogP contribution >= 0.6 is 11.8 Å². The average molecular weight is 288 g/mol. The molecule has 1 unspecified atom stereocenters. The Bertz CT molecular complexity index is 596. The van der Waals surface area contributed by atoms with E-state index in [0.717, 1.165) is 17.3 Å². The highest BCUT2D eigenvalue weighted by Crippen LogP contribution is 2.17. The molecule has 2 aromatic rings. The van der Waals surface area contributed by atoms with Gasteiger partial charge in [-0.25, -0.2) is 0 Å². The smallest absolute Gasteiger partial charge is 0.223 e. The summed E-state index contributed by atoms with van der Waals surface area (Å²) in [5, 5.41) is 8.24. The van der Waals surface area contributed by atoms with Crippen molar-refractivity contribution in [2.24, 2.45) is 4.99 Å². The fraction of sp³-hybridized carbons (Fsp3) is 0.357. The Morgan fingerprint density at radius 1 is 1.40 bits per heavy atom. The lowest BCUT2D eigenvalue weighted by molar-refractivity contribution is 0.387. The number of aliphatic imine (C=N–C) groups is 1. The number of benzene rings is 1. The molecular weight excluding hydrogens is 272 g/mol. The number of thioether (sulfide) groups is 1. The van der Waals surface area contributed by atoms with Crippen LogP contribution in [0, 0.1) is 6.92 Å². The zero-order valence-corrected chi connectivity index (χ0v) is 12.1. The molecule has 1 saturated heterocycles. The Balaban J connectivity index is 1.54. The molecule has 1 fully saturated rings. The van der Waals surface area contributed by atoms with Gasteiger partial charge in [0, 0.05) is 18.7 Å². The van der Waals surface area contributed by atoms with Gasteiger partial charge in [-0.2, -0.15) is 4.98 Å². The zero-order chi connectivity index (χ0) is 13.8. The summed E-state index contributed by atoms with van der Waals surface area (Å²) in [4.78, 5) is 8.62. The van der Waals surface area contributed by atoms with Crippen molar-refractivity contribution in [1.82, 2.24) is 15.5 Å². The monoisotopic (exact) mass is 288 g/mol. The summed E-state index contributed by atoms with van der Waals surface area (Å²) in [6.07, 6.45) is 1.02. The lowest BCUT2D eigenvalue weighted by atomic mass is 10.1. The molecule has 0 amide bonds. The maximum Gasteiger partial charge on any atom is 0.223 e. The van der Waals surface area contributed by atoms with Gasteiger partial charge in [0.25, 0.3) is 0 Å². The van der Waals surface area contributed by atoms with Gasteiger partial charge in [-0.3, -0.25) is 4.99 Å². The van der Waals surface area contributed by atoms with E-state index in [1.165, 1.54) is 5.56 Å². The summed E-state index contributed by atoms with van der Waals surface area (Å²) in [6.45, 7) is 2.24. The van der Waals surface area contributed by atoms with E-state index in [0.29, 0.717) is 24.3 Å². The van der Waals surface area contributed by atoms with Gasteiger partial charge in [0.2, 0.25) is 5.89 Å². The number of hydrogen-bond acceptors (Lipinski definition) is 5. The maximum atomic E-state index is 4.92. The van der Waals surface area contributed by atoms with Crippen LogP contribution in [0.15, 0.2) is 39.8 Å². The molecule has 0 bridgehead atoms. The summed E-state index contributed by atoms with van der Waals surface area (Å²) in [6, 6.07) is 10.9. The van der Waals surface area contributed by atoms with Gasteiger partial charge < -0.3 is 9.84 Å². The molecule has 0 spiro atoms. The first-order chi connectivity index (χ1) is 9.79. The number of nitrogens with one attached hydrogen (secondary N) is 1. The minimum absolute atomic E-state index is 0.438. The van der Waals surface area contributed by atoms with Crippen LogP contribution in [-0.4, -0.2) is 27.1 Å². The predicted molar refractivity (Wildman–Crippen MR) is 79.7 cm³/mol. The van der Waals surface area contributed by atoms with E-state index in [1.807, 2.05) is 6.07 Å². The third-order valence-electron chi connectivity index (χ3n) is 3.01. The SMILES string of the molecule is Cc1nc(CN=C2NC(Cc3ccccc3)CS2)no1. The van der Waals surface area contributed by atoms with E-state index in [1.54, 1.807) is 18.7 Å². The van der Waals surface area contributed by atoms with E-state index in [4.69, 9.17) is 4.52 Å². The van der Waals surface area contributed by atoms with E-state index >= 15 is 0 Å². The molecule has 0 aliphatic carbocycles. The second-order valence-corrected chi connectivity index (χ2v) is 5.70. The van der Waals surface area contributed by atoms with Crippen LogP contribution in [-0.2, 0) is 13.0 Å². The third kappa shape index (κ3) is 3.39. The first-order valence-corrected chi connectivity index (χ1v) is 7.55. The second kappa shape index (κ2) is 6.09. The number of nitrogens with zero attached hydrogens (tertiary/aromatic N) is 3. The molecule has 1 atom stereocenters. The van der Waals surface area contributed by atoms with Crippen molar-refractivity contribution < 1.29 is 4.52 Å². The van der Waals surface area contributed by atoms with Crippen LogP contribution in [0.5, 0.6) is 0 Å². The quantitative estimate of drug-likeness (QED) is 0.934. The van der Waals surface area contributed by atoms with Gasteiger partial charge in [-0.1, -0.05) is 47.3 Å². The van der Waals surface area contributed by atoms with Gasteiger partial charge in [-0.15, -0.1) is 0 Å². The summed E-state index contributed by atoms with van der Waals surface area (Å²) < 4.78 is 4.92. The van der Waals surface area contributed by atoms with Crippen molar-refractivity contribution >= 4 is 16.9 Å². The predicted octanol–water partition coefficient (Wildman–Crippen LogP) is 2.18. The molecule has 1 aromatic carbocycles. The summed E-state index contributed by atoms with van der Waals surface area (Å²) >= 11 is 1.75. The zero-order valence-electron chi connectivity index (χ0n) is 11.2. The molecule has 1 aliphatic heterocycles. The Morgan fingerprint density at radius 3 is 3.00 bits per heavy atom. The molecule has 1 aromatic heterocycles. The van der Waals surface area contributed by atoms with Crippen molar-refractivity contribution in [3.05, 3.63) is 47.6 Å². The van der Waals surface area contributed by atoms with Crippen molar-refractivity contribution in [2.75, 3.05) is 5.75 Å².